The predicted octanol–water partition coefficient (Wildman–Crippen LogP) is 10.4. The van der Waals surface area contributed by atoms with Gasteiger partial charge in [-0.1, -0.05) is 103 Å². The Morgan fingerprint density at radius 2 is 0.980 bits per heavy atom. The fourth-order valence-electron chi connectivity index (χ4n) is 6.40. The highest BCUT2D eigenvalue weighted by atomic mass is 19.4. The van der Waals surface area contributed by atoms with Crippen LogP contribution >= 0.6 is 0 Å². The Morgan fingerprint density at radius 3 is 1.49 bits per heavy atom. The summed E-state index contributed by atoms with van der Waals surface area (Å²) < 4.78 is 45.5. The maximum absolute atomic E-state index is 14.6. The molecule has 0 saturated carbocycles. The largest absolute Gasteiger partial charge is 0.417 e. The molecule has 0 bridgehead atoms. The van der Waals surface area contributed by atoms with E-state index in [9.17, 15) is 23.7 Å². The van der Waals surface area contributed by atoms with Crippen molar-refractivity contribution < 1.29 is 13.2 Å². The van der Waals surface area contributed by atoms with E-state index in [-0.39, 0.29) is 11.1 Å². The second kappa shape index (κ2) is 12.4. The highest BCUT2D eigenvalue weighted by Crippen LogP contribution is 2.43. The molecule has 0 spiro atoms. The van der Waals surface area contributed by atoms with Crippen molar-refractivity contribution >= 4 is 21.8 Å². The standard InChI is InChI=1S/C42H23F3N6/c43-42(44,45)35-14-8-7-13-31(35)32-20-17-30(41-49-39(28-9-3-1-4-10-28)48-40(50-41)29-11-5-2-6-12-29)23-38(32)51-36-21-26(24-46)15-18-33(36)34-19-16-27(25-47)22-37(34)51/h1-23H. The summed E-state index contributed by atoms with van der Waals surface area (Å²) in [4.78, 5) is 14.5. The topological polar surface area (TPSA) is 91.2 Å². The molecule has 0 atom stereocenters. The van der Waals surface area contributed by atoms with Gasteiger partial charge in [0.25, 0.3) is 0 Å². The van der Waals surface area contributed by atoms with E-state index in [0.29, 0.717) is 50.9 Å². The molecule has 0 amide bonds. The highest BCUT2D eigenvalue weighted by Gasteiger charge is 2.34. The molecule has 8 rings (SSSR count). The molecular weight excluding hydrogens is 645 g/mol. The first kappa shape index (κ1) is 31.2. The van der Waals surface area contributed by atoms with Crippen molar-refractivity contribution in [2.24, 2.45) is 0 Å². The highest BCUT2D eigenvalue weighted by molar-refractivity contribution is 6.10. The van der Waals surface area contributed by atoms with Crippen LogP contribution in [0.15, 0.2) is 140 Å². The van der Waals surface area contributed by atoms with E-state index in [1.54, 1.807) is 48.5 Å². The van der Waals surface area contributed by atoms with E-state index in [1.807, 2.05) is 77.4 Å². The Balaban J connectivity index is 1.48. The van der Waals surface area contributed by atoms with Gasteiger partial charge in [0, 0.05) is 33.0 Å². The SMILES string of the molecule is N#Cc1ccc2c3ccc(C#N)cc3n(-c3cc(-c4nc(-c5ccccc5)nc(-c5ccccc5)n4)ccc3-c3ccccc3C(F)(F)F)c2c1. The van der Waals surface area contributed by atoms with Crippen molar-refractivity contribution in [3.63, 3.8) is 0 Å². The van der Waals surface area contributed by atoms with E-state index < -0.39 is 11.7 Å². The molecule has 6 nitrogen and oxygen atoms in total. The van der Waals surface area contributed by atoms with Gasteiger partial charge < -0.3 is 4.57 Å². The molecule has 0 aliphatic rings. The smallest absolute Gasteiger partial charge is 0.309 e. The average molecular weight is 669 g/mol. The fourth-order valence-corrected chi connectivity index (χ4v) is 6.40. The summed E-state index contributed by atoms with van der Waals surface area (Å²) in [5, 5.41) is 21.3. The molecule has 0 saturated heterocycles. The number of aromatic nitrogens is 4. The third-order valence-corrected chi connectivity index (χ3v) is 8.74. The molecule has 0 fully saturated rings. The summed E-state index contributed by atoms with van der Waals surface area (Å²) in [7, 11) is 0. The quantitative estimate of drug-likeness (QED) is 0.182. The lowest BCUT2D eigenvalue weighted by molar-refractivity contribution is -0.137. The zero-order valence-electron chi connectivity index (χ0n) is 26.6. The van der Waals surface area contributed by atoms with Crippen molar-refractivity contribution in [3.8, 4) is 63.1 Å². The van der Waals surface area contributed by atoms with Crippen molar-refractivity contribution in [3.05, 3.63) is 156 Å². The van der Waals surface area contributed by atoms with Crippen LogP contribution in [0.5, 0.6) is 0 Å². The monoisotopic (exact) mass is 668 g/mol. The first-order valence-electron chi connectivity index (χ1n) is 15.9. The number of rotatable bonds is 5. The summed E-state index contributed by atoms with van der Waals surface area (Å²) in [6, 6.07) is 44.3. The van der Waals surface area contributed by atoms with Crippen molar-refractivity contribution in [2.75, 3.05) is 0 Å². The Labute approximate surface area is 290 Å². The fraction of sp³-hybridized carbons (Fsp3) is 0.0238. The van der Waals surface area contributed by atoms with Crippen LogP contribution < -0.4 is 0 Å². The minimum atomic E-state index is -4.64. The van der Waals surface area contributed by atoms with Gasteiger partial charge in [0.15, 0.2) is 17.5 Å². The van der Waals surface area contributed by atoms with Gasteiger partial charge >= 0.3 is 6.18 Å². The second-order valence-electron chi connectivity index (χ2n) is 11.8. The minimum absolute atomic E-state index is 0.0278. The summed E-state index contributed by atoms with van der Waals surface area (Å²) in [6.07, 6.45) is -4.64. The van der Waals surface area contributed by atoms with Gasteiger partial charge in [-0.3, -0.25) is 0 Å². The number of halogens is 3. The molecule has 51 heavy (non-hydrogen) atoms. The molecule has 242 valence electrons. The summed E-state index contributed by atoms with van der Waals surface area (Å²) in [6.45, 7) is 0. The van der Waals surface area contributed by atoms with Crippen molar-refractivity contribution in [2.45, 2.75) is 6.18 Å². The molecule has 9 heteroatoms. The van der Waals surface area contributed by atoms with E-state index >= 15 is 0 Å². The Bertz CT molecular complexity index is 2580. The normalized spacial score (nSPS) is 11.4. The second-order valence-corrected chi connectivity index (χ2v) is 11.8. The number of nitrogens with zero attached hydrogens (tertiary/aromatic N) is 6. The number of fused-ring (bicyclic) bond motifs is 3. The lowest BCUT2D eigenvalue weighted by Crippen LogP contribution is -2.08. The van der Waals surface area contributed by atoms with Crippen molar-refractivity contribution in [1.82, 2.24) is 19.5 Å². The number of benzene rings is 6. The molecule has 0 N–H and O–H groups in total. The zero-order chi connectivity index (χ0) is 35.1. The van der Waals surface area contributed by atoms with E-state index in [2.05, 4.69) is 12.1 Å². The lowest BCUT2D eigenvalue weighted by atomic mass is 9.96. The molecule has 0 aliphatic carbocycles. The van der Waals surface area contributed by atoms with Gasteiger partial charge in [0.05, 0.1) is 45.5 Å². The van der Waals surface area contributed by atoms with E-state index in [0.717, 1.165) is 28.0 Å². The molecular formula is C42H23F3N6. The molecule has 0 radical (unpaired) electrons. The predicted molar refractivity (Wildman–Crippen MR) is 190 cm³/mol. The maximum Gasteiger partial charge on any atom is 0.417 e. The Morgan fingerprint density at radius 1 is 0.490 bits per heavy atom. The van der Waals surface area contributed by atoms with Gasteiger partial charge in [-0.2, -0.15) is 23.7 Å². The third-order valence-electron chi connectivity index (χ3n) is 8.74. The first-order chi connectivity index (χ1) is 24.8. The van der Waals surface area contributed by atoms with Crippen LogP contribution in [-0.2, 0) is 6.18 Å². The Kier molecular flexibility index (Phi) is 7.59. The van der Waals surface area contributed by atoms with Gasteiger partial charge in [0.1, 0.15) is 0 Å². The number of hydrogen-bond donors (Lipinski definition) is 0. The van der Waals surface area contributed by atoms with Crippen LogP contribution in [0, 0.1) is 22.7 Å². The van der Waals surface area contributed by atoms with Crippen LogP contribution in [0.1, 0.15) is 16.7 Å². The van der Waals surface area contributed by atoms with Crippen LogP contribution in [-0.4, -0.2) is 19.5 Å². The van der Waals surface area contributed by atoms with Gasteiger partial charge in [-0.05, 0) is 42.0 Å². The van der Waals surface area contributed by atoms with E-state index in [4.69, 9.17) is 15.0 Å². The van der Waals surface area contributed by atoms with Crippen LogP contribution in [0.25, 0.3) is 72.8 Å². The van der Waals surface area contributed by atoms with Gasteiger partial charge in [0.2, 0.25) is 0 Å². The van der Waals surface area contributed by atoms with Crippen LogP contribution in [0.2, 0.25) is 0 Å². The zero-order valence-corrected chi connectivity index (χ0v) is 26.6. The number of alkyl halides is 3. The molecule has 0 aliphatic heterocycles. The Hall–Kier alpha value is -7.10. The number of hydrogen-bond acceptors (Lipinski definition) is 5. The summed E-state index contributed by atoms with van der Waals surface area (Å²) >= 11 is 0. The number of nitriles is 2. The van der Waals surface area contributed by atoms with Gasteiger partial charge in [-0.25, -0.2) is 15.0 Å². The maximum atomic E-state index is 14.6. The molecule has 2 heterocycles. The molecule has 8 aromatic rings. The van der Waals surface area contributed by atoms with Crippen LogP contribution in [0.3, 0.4) is 0 Å². The summed E-state index contributed by atoms with van der Waals surface area (Å²) in [5.74, 6) is 1.18. The lowest BCUT2D eigenvalue weighted by Gasteiger charge is -2.19. The first-order valence-corrected chi connectivity index (χ1v) is 15.9. The van der Waals surface area contributed by atoms with Gasteiger partial charge in [-0.15, -0.1) is 0 Å². The molecule has 6 aromatic carbocycles. The summed E-state index contributed by atoms with van der Waals surface area (Å²) in [5.41, 5.74) is 3.84. The third kappa shape index (κ3) is 5.63. The van der Waals surface area contributed by atoms with Crippen molar-refractivity contribution in [1.29, 1.82) is 10.5 Å². The minimum Gasteiger partial charge on any atom is -0.309 e. The molecule has 2 aromatic heterocycles. The average Bonchev–Trinajstić information content (AvgIpc) is 3.50. The van der Waals surface area contributed by atoms with E-state index in [1.165, 1.54) is 12.1 Å². The molecule has 0 unspecified atom stereocenters. The van der Waals surface area contributed by atoms with Crippen LogP contribution in [0.4, 0.5) is 13.2 Å².